The molecule has 0 amide bonds. The van der Waals surface area contributed by atoms with Gasteiger partial charge in [-0.3, -0.25) is 0 Å². The van der Waals surface area contributed by atoms with Gasteiger partial charge in [0.1, 0.15) is 0 Å². The van der Waals surface area contributed by atoms with E-state index in [2.05, 4.69) is 66.7 Å². The van der Waals surface area contributed by atoms with Gasteiger partial charge >= 0.3 is 154 Å². The van der Waals surface area contributed by atoms with Crippen LogP contribution in [-0.2, 0) is 0 Å². The summed E-state index contributed by atoms with van der Waals surface area (Å²) >= 11 is 0.115. The molecule has 0 aliphatic heterocycles. The van der Waals surface area contributed by atoms with Crippen molar-refractivity contribution in [3.05, 3.63) is 90.5 Å². The van der Waals surface area contributed by atoms with E-state index in [4.69, 9.17) is 4.52 Å². The molecule has 0 atom stereocenters. The fraction of sp³-hybridized carbons (Fsp3) is 0.0455. The molecule has 0 saturated carbocycles. The third kappa shape index (κ3) is 3.30. The minimum absolute atomic E-state index is 0.115. The van der Waals surface area contributed by atoms with E-state index in [0.29, 0.717) is 0 Å². The van der Waals surface area contributed by atoms with Crippen LogP contribution in [0.5, 0.6) is 0 Å². The molecule has 0 aliphatic carbocycles. The number of nitrogens with zero attached hydrogens (tertiary/aromatic N) is 1. The summed E-state index contributed by atoms with van der Waals surface area (Å²) in [4.78, 5) is 0. The van der Waals surface area contributed by atoms with Gasteiger partial charge < -0.3 is 0 Å². The molecule has 0 N–H and O–H groups in total. The molecule has 1 heterocycles. The van der Waals surface area contributed by atoms with Crippen molar-refractivity contribution in [3.8, 4) is 22.6 Å². The molecule has 0 spiro atoms. The summed E-state index contributed by atoms with van der Waals surface area (Å²) in [6, 6.07) is 29.1. The molecule has 25 heavy (non-hydrogen) atoms. The second-order valence-corrected chi connectivity index (χ2v) is 8.06. The number of hydrogen-bond acceptors (Lipinski definition) is 2. The number of rotatable bonds is 4. The average molecular weight is 390 g/mol. The van der Waals surface area contributed by atoms with Crippen LogP contribution in [0.1, 0.15) is 5.56 Å². The van der Waals surface area contributed by atoms with E-state index in [0.717, 1.165) is 22.6 Å². The standard InChI is InChI=1S/C22H17NOSe/c1-16-10-8-9-15-19(16)21-22(25-18-13-6-3-7-14-18)20(23-24-21)17-11-4-2-5-12-17/h2-15H,1H3. The van der Waals surface area contributed by atoms with Gasteiger partial charge in [0, 0.05) is 0 Å². The Kier molecular flexibility index (Phi) is 4.51. The molecular weight excluding hydrogens is 373 g/mol. The fourth-order valence-electron chi connectivity index (χ4n) is 2.76. The second kappa shape index (κ2) is 7.10. The van der Waals surface area contributed by atoms with E-state index in [-0.39, 0.29) is 15.0 Å². The van der Waals surface area contributed by atoms with Gasteiger partial charge in [0.2, 0.25) is 0 Å². The summed E-state index contributed by atoms with van der Waals surface area (Å²) in [5.74, 6) is 0.890. The van der Waals surface area contributed by atoms with E-state index in [1.54, 1.807) is 0 Å². The van der Waals surface area contributed by atoms with Crippen LogP contribution < -0.4 is 8.92 Å². The zero-order chi connectivity index (χ0) is 17.1. The molecule has 4 rings (SSSR count). The number of aromatic nitrogens is 1. The first-order valence-electron chi connectivity index (χ1n) is 8.17. The maximum absolute atomic E-state index is 5.85. The van der Waals surface area contributed by atoms with Crippen LogP contribution in [0.2, 0.25) is 0 Å². The number of aryl methyl sites for hydroxylation is 1. The van der Waals surface area contributed by atoms with E-state index in [1.807, 2.05) is 30.3 Å². The summed E-state index contributed by atoms with van der Waals surface area (Å²) < 4.78 is 8.36. The molecule has 0 bridgehead atoms. The Balaban J connectivity index is 1.88. The molecule has 2 nitrogen and oxygen atoms in total. The van der Waals surface area contributed by atoms with Crippen LogP contribution >= 0.6 is 0 Å². The van der Waals surface area contributed by atoms with Gasteiger partial charge in [0.15, 0.2) is 0 Å². The molecule has 3 heteroatoms. The van der Waals surface area contributed by atoms with Gasteiger partial charge in [-0.2, -0.15) is 0 Å². The van der Waals surface area contributed by atoms with Crippen LogP contribution in [0.15, 0.2) is 89.5 Å². The summed E-state index contributed by atoms with van der Waals surface area (Å²) in [7, 11) is 0. The predicted molar refractivity (Wildman–Crippen MR) is 104 cm³/mol. The molecule has 0 unspecified atom stereocenters. The molecule has 4 aromatic rings. The Labute approximate surface area is 153 Å². The van der Waals surface area contributed by atoms with E-state index in [1.165, 1.54) is 14.5 Å². The first-order chi connectivity index (χ1) is 12.3. The molecule has 0 radical (unpaired) electrons. The number of benzene rings is 3. The van der Waals surface area contributed by atoms with E-state index < -0.39 is 0 Å². The molecule has 122 valence electrons. The second-order valence-electron chi connectivity index (χ2n) is 5.79. The maximum atomic E-state index is 5.85. The molecule has 0 aliphatic rings. The molecular formula is C22H17NOSe. The van der Waals surface area contributed by atoms with Gasteiger partial charge in [-0.25, -0.2) is 0 Å². The summed E-state index contributed by atoms with van der Waals surface area (Å²) in [5, 5.41) is 4.44. The minimum atomic E-state index is 0.115. The van der Waals surface area contributed by atoms with Gasteiger partial charge in [-0.05, 0) is 0 Å². The van der Waals surface area contributed by atoms with E-state index >= 15 is 0 Å². The fourth-order valence-corrected chi connectivity index (χ4v) is 4.90. The first kappa shape index (κ1) is 15.9. The molecule has 3 aromatic carbocycles. The van der Waals surface area contributed by atoms with Crippen molar-refractivity contribution >= 4 is 23.9 Å². The van der Waals surface area contributed by atoms with Crippen LogP contribution in [0.3, 0.4) is 0 Å². The van der Waals surface area contributed by atoms with Gasteiger partial charge in [-0.1, -0.05) is 0 Å². The molecule has 0 saturated heterocycles. The van der Waals surface area contributed by atoms with Crippen LogP contribution in [-0.4, -0.2) is 20.1 Å². The Morgan fingerprint density at radius 2 is 1.40 bits per heavy atom. The van der Waals surface area contributed by atoms with Crippen molar-refractivity contribution in [2.45, 2.75) is 6.92 Å². The Bertz CT molecular complexity index is 977. The summed E-state index contributed by atoms with van der Waals surface area (Å²) in [6.45, 7) is 2.11. The van der Waals surface area contributed by atoms with Crippen molar-refractivity contribution in [3.63, 3.8) is 0 Å². The summed E-state index contributed by atoms with van der Waals surface area (Å²) in [5.41, 5.74) is 4.36. The zero-order valence-electron chi connectivity index (χ0n) is 13.8. The van der Waals surface area contributed by atoms with Crippen molar-refractivity contribution in [2.24, 2.45) is 0 Å². The van der Waals surface area contributed by atoms with Crippen molar-refractivity contribution < 1.29 is 4.52 Å². The zero-order valence-corrected chi connectivity index (χ0v) is 15.6. The van der Waals surface area contributed by atoms with Crippen molar-refractivity contribution in [1.29, 1.82) is 0 Å². The Morgan fingerprint density at radius 1 is 0.760 bits per heavy atom. The van der Waals surface area contributed by atoms with Gasteiger partial charge in [0.05, 0.1) is 0 Å². The first-order valence-corrected chi connectivity index (χ1v) is 9.88. The SMILES string of the molecule is Cc1ccccc1-c1onc(-c2ccccc2)c1[Se]c1ccccc1. The average Bonchev–Trinajstić information content (AvgIpc) is 3.07. The van der Waals surface area contributed by atoms with Crippen LogP contribution in [0, 0.1) is 6.92 Å². The van der Waals surface area contributed by atoms with Crippen LogP contribution in [0.25, 0.3) is 22.6 Å². The monoisotopic (exact) mass is 391 g/mol. The topological polar surface area (TPSA) is 26.0 Å². The Hall–Kier alpha value is -2.61. The quantitative estimate of drug-likeness (QED) is 0.493. The van der Waals surface area contributed by atoms with Crippen molar-refractivity contribution in [2.75, 3.05) is 0 Å². The normalized spacial score (nSPS) is 10.8. The number of hydrogen-bond donors (Lipinski definition) is 0. The van der Waals surface area contributed by atoms with Gasteiger partial charge in [-0.15, -0.1) is 0 Å². The van der Waals surface area contributed by atoms with Crippen molar-refractivity contribution in [1.82, 2.24) is 5.16 Å². The third-order valence-electron chi connectivity index (χ3n) is 4.05. The molecule has 1 aromatic heterocycles. The Morgan fingerprint density at radius 3 is 2.12 bits per heavy atom. The summed E-state index contributed by atoms with van der Waals surface area (Å²) in [6.07, 6.45) is 0. The molecule has 0 fully saturated rings. The van der Waals surface area contributed by atoms with Crippen LogP contribution in [0.4, 0.5) is 0 Å². The van der Waals surface area contributed by atoms with E-state index in [9.17, 15) is 0 Å². The van der Waals surface area contributed by atoms with Gasteiger partial charge in [0.25, 0.3) is 0 Å². The third-order valence-corrected chi connectivity index (χ3v) is 6.34. The predicted octanol–water partition coefficient (Wildman–Crippen LogP) is 3.97.